The summed E-state index contributed by atoms with van der Waals surface area (Å²) in [5.74, 6) is 0.958. The fourth-order valence-electron chi connectivity index (χ4n) is 2.20. The largest absolute Gasteiger partial charge is 1.00 e. The molecular formula is C12H18BrN2NaO3S. The Morgan fingerprint density at radius 3 is 3.05 bits per heavy atom. The van der Waals surface area contributed by atoms with Crippen molar-refractivity contribution in [1.82, 2.24) is 4.98 Å². The number of anilines is 1. The molecule has 0 amide bonds. The maximum absolute atomic E-state index is 10.9. The average Bonchev–Trinajstić information content (AvgIpc) is 2.37. The van der Waals surface area contributed by atoms with Gasteiger partial charge in [-0.2, -0.15) is 0 Å². The van der Waals surface area contributed by atoms with Crippen molar-refractivity contribution in [2.45, 2.75) is 25.1 Å². The van der Waals surface area contributed by atoms with Gasteiger partial charge in [0.15, 0.2) is 11.1 Å². The number of ether oxygens (including phenoxy) is 1. The first-order chi connectivity index (χ1) is 9.10. The summed E-state index contributed by atoms with van der Waals surface area (Å²) in [7, 11) is 0. The Morgan fingerprint density at radius 2 is 2.40 bits per heavy atom. The molecule has 0 aromatic carbocycles. The predicted octanol–water partition coefficient (Wildman–Crippen LogP) is -0.702. The molecule has 5 nitrogen and oxygen atoms in total. The average molecular weight is 373 g/mol. The van der Waals surface area contributed by atoms with E-state index in [9.17, 15) is 4.21 Å². The van der Waals surface area contributed by atoms with Gasteiger partial charge in [-0.25, -0.2) is 9.19 Å². The van der Waals surface area contributed by atoms with Crippen LogP contribution in [0.25, 0.3) is 0 Å². The van der Waals surface area contributed by atoms with Crippen molar-refractivity contribution >= 4 is 32.8 Å². The van der Waals surface area contributed by atoms with Crippen LogP contribution in [0.4, 0.5) is 5.82 Å². The summed E-state index contributed by atoms with van der Waals surface area (Å²) >= 11 is 1.52. The maximum atomic E-state index is 10.9. The van der Waals surface area contributed by atoms with Crippen LogP contribution in [0.15, 0.2) is 16.7 Å². The van der Waals surface area contributed by atoms with Crippen molar-refractivity contribution in [3.05, 3.63) is 22.3 Å². The molecule has 1 N–H and O–H groups in total. The van der Waals surface area contributed by atoms with Crippen LogP contribution in [0.1, 0.15) is 20.3 Å². The minimum absolute atomic E-state index is 0. The van der Waals surface area contributed by atoms with Crippen LogP contribution in [0.2, 0.25) is 0 Å². The van der Waals surface area contributed by atoms with Gasteiger partial charge in [0.1, 0.15) is 10.4 Å². The van der Waals surface area contributed by atoms with Crippen molar-refractivity contribution in [3.63, 3.8) is 0 Å². The molecule has 0 bridgehead atoms. The van der Waals surface area contributed by atoms with Gasteiger partial charge in [0.2, 0.25) is 0 Å². The van der Waals surface area contributed by atoms with Crippen molar-refractivity contribution < 1.29 is 44.5 Å². The number of halogens is 1. The molecule has 1 aliphatic heterocycles. The summed E-state index contributed by atoms with van der Waals surface area (Å²) in [6, 6.07) is 3.97. The molecule has 2 unspecified atom stereocenters. The summed E-state index contributed by atoms with van der Waals surface area (Å²) < 4.78 is 26.1. The monoisotopic (exact) mass is 372 g/mol. The van der Waals surface area contributed by atoms with Crippen LogP contribution >= 0.6 is 15.9 Å². The van der Waals surface area contributed by atoms with Gasteiger partial charge in [0, 0.05) is 6.54 Å². The molecule has 2 heterocycles. The van der Waals surface area contributed by atoms with E-state index in [0.29, 0.717) is 23.9 Å². The Labute approximate surface area is 153 Å². The summed E-state index contributed by atoms with van der Waals surface area (Å²) in [5, 5.41) is 0. The molecule has 0 spiro atoms. The molecule has 108 valence electrons. The van der Waals surface area contributed by atoms with E-state index >= 15 is 0 Å². The number of hydrogen-bond acceptors (Lipinski definition) is 4. The molecule has 1 fully saturated rings. The summed E-state index contributed by atoms with van der Waals surface area (Å²) in [6.07, 6.45) is 0.982. The van der Waals surface area contributed by atoms with Crippen LogP contribution in [-0.2, 0) is 21.6 Å². The Balaban J connectivity index is 0.00000200. The molecule has 2 atom stereocenters. The third-order valence-electron chi connectivity index (χ3n) is 3.12. The second kappa shape index (κ2) is 8.82. The zero-order valence-corrected chi connectivity index (χ0v) is 16.1. The van der Waals surface area contributed by atoms with Crippen LogP contribution in [0.5, 0.6) is 0 Å². The quantitative estimate of drug-likeness (QED) is 0.430. The second-order valence-corrected chi connectivity index (χ2v) is 6.20. The van der Waals surface area contributed by atoms with Gasteiger partial charge in [-0.05, 0) is 40.0 Å². The summed E-state index contributed by atoms with van der Waals surface area (Å²) in [6.45, 7) is 4.30. The Hall–Kier alpha value is 0.500. The summed E-state index contributed by atoms with van der Waals surface area (Å²) in [4.78, 5) is 6.68. The Kier molecular flexibility index (Phi) is 8.18. The minimum Gasteiger partial charge on any atom is -1.00 e. The minimum atomic E-state index is -1.84. The van der Waals surface area contributed by atoms with E-state index in [2.05, 4.69) is 32.7 Å². The van der Waals surface area contributed by atoms with E-state index in [1.165, 1.54) is 0 Å². The van der Waals surface area contributed by atoms with Gasteiger partial charge in [-0.15, -0.1) is 0 Å². The normalized spacial score (nSPS) is 20.4. The van der Waals surface area contributed by atoms with E-state index in [4.69, 9.17) is 9.29 Å². The number of rotatable bonds is 4. The van der Waals surface area contributed by atoms with E-state index in [1.807, 2.05) is 6.07 Å². The predicted molar refractivity (Wildman–Crippen MR) is 79.8 cm³/mol. The first-order valence-electron chi connectivity index (χ1n) is 6.18. The fourth-order valence-corrected chi connectivity index (χ4v) is 3.13. The molecule has 8 heteroatoms. The molecule has 2 rings (SSSR count). The number of morpholine rings is 1. The van der Waals surface area contributed by atoms with Crippen LogP contribution < -0.4 is 34.5 Å². The topological polar surface area (TPSA) is 62.7 Å². The third kappa shape index (κ3) is 5.05. The molecule has 0 radical (unpaired) electrons. The zero-order valence-electron chi connectivity index (χ0n) is 12.7. The molecule has 1 aromatic rings. The second-order valence-electron chi connectivity index (χ2n) is 4.45. The van der Waals surface area contributed by atoms with Gasteiger partial charge >= 0.3 is 29.6 Å². The molecule has 1 saturated heterocycles. The van der Waals surface area contributed by atoms with E-state index < -0.39 is 11.1 Å². The molecule has 0 saturated carbocycles. The van der Waals surface area contributed by atoms with E-state index in [-0.39, 0.29) is 36.7 Å². The number of pyridine rings is 1. The molecule has 1 aromatic heterocycles. The number of nitrogens with zero attached hydrogens (tertiary/aromatic N) is 2. The van der Waals surface area contributed by atoms with Crippen LogP contribution in [-0.4, -0.2) is 39.5 Å². The molecule has 1 aliphatic rings. The van der Waals surface area contributed by atoms with Crippen molar-refractivity contribution in [2.24, 2.45) is 0 Å². The Bertz CT molecular complexity index is 484. The first kappa shape index (κ1) is 18.5. The molecule has 0 aliphatic carbocycles. The van der Waals surface area contributed by atoms with E-state index in [0.717, 1.165) is 24.3 Å². The van der Waals surface area contributed by atoms with Gasteiger partial charge in [-0.1, -0.05) is 6.92 Å². The van der Waals surface area contributed by atoms with Gasteiger partial charge < -0.3 is 15.6 Å². The zero-order chi connectivity index (χ0) is 13.8. The van der Waals surface area contributed by atoms with Gasteiger partial charge in [0.05, 0.1) is 25.0 Å². The van der Waals surface area contributed by atoms with Crippen molar-refractivity contribution in [3.8, 4) is 0 Å². The van der Waals surface area contributed by atoms with E-state index in [1.54, 1.807) is 6.07 Å². The number of aromatic nitrogens is 1. The van der Waals surface area contributed by atoms with Gasteiger partial charge in [0.25, 0.3) is 0 Å². The van der Waals surface area contributed by atoms with Gasteiger partial charge in [-0.3, -0.25) is 0 Å². The van der Waals surface area contributed by atoms with Crippen LogP contribution in [0, 0.1) is 0 Å². The third-order valence-corrected chi connectivity index (χ3v) is 4.11. The van der Waals surface area contributed by atoms with Crippen molar-refractivity contribution in [1.29, 1.82) is 0 Å². The van der Waals surface area contributed by atoms with Crippen molar-refractivity contribution in [2.75, 3.05) is 24.7 Å². The number of hydrogen-bond donors (Lipinski definition) is 1. The molecule has 20 heavy (non-hydrogen) atoms. The van der Waals surface area contributed by atoms with Crippen LogP contribution in [0.3, 0.4) is 0 Å². The SMILES string of the molecule is CCC1COCCN1c1cc(CS(=O)O)cc(Br)n1.[H-].[Na+]. The first-order valence-corrected chi connectivity index (χ1v) is 8.25. The smallest absolute Gasteiger partial charge is 1.00 e. The molecular weight excluding hydrogens is 355 g/mol. The Morgan fingerprint density at radius 1 is 1.65 bits per heavy atom. The standard InChI is InChI=1S/C12H17BrN2O3S.Na.H/c1-2-10-7-18-4-3-15(10)12-6-9(8-19(16)17)5-11(13)14-12;;/h5-6,10H,2-4,7-8H2,1H3,(H,16,17);;/q;+1;-1. The fraction of sp³-hybridized carbons (Fsp3) is 0.583. The summed E-state index contributed by atoms with van der Waals surface area (Å²) in [5.41, 5.74) is 0.805. The maximum Gasteiger partial charge on any atom is 1.00 e.